The first kappa shape index (κ1) is 20.0. The standard InChI is InChI=1S/C21H23FN6O2/c22-14-4-3-9-24-17(14)12-25-21(29)18-13-30-20(28-18)8-11-23-10-7-19-26-15-5-1-2-6-16(15)27-19/h1-2,5-6,9,13,23H,3-4,7-8,10-12H2,(H,25,29)(H,26,27). The Kier molecular flexibility index (Phi) is 6.29. The quantitative estimate of drug-likeness (QED) is 0.470. The average molecular weight is 410 g/mol. The Morgan fingerprint density at radius 2 is 2.07 bits per heavy atom. The van der Waals surface area contributed by atoms with Crippen LogP contribution in [0.4, 0.5) is 4.39 Å². The van der Waals surface area contributed by atoms with E-state index < -0.39 is 5.91 Å². The number of fused-ring (bicyclic) bond motifs is 1. The molecule has 0 spiro atoms. The summed E-state index contributed by atoms with van der Waals surface area (Å²) in [6.45, 7) is 1.45. The Morgan fingerprint density at radius 3 is 2.93 bits per heavy atom. The zero-order chi connectivity index (χ0) is 20.8. The Hall–Kier alpha value is -3.33. The van der Waals surface area contributed by atoms with E-state index in [-0.39, 0.29) is 23.8 Å². The Bertz CT molecular complexity index is 1050. The maximum Gasteiger partial charge on any atom is 0.273 e. The van der Waals surface area contributed by atoms with Gasteiger partial charge in [0, 0.05) is 38.6 Å². The van der Waals surface area contributed by atoms with Gasteiger partial charge in [-0.1, -0.05) is 12.1 Å². The monoisotopic (exact) mass is 410 g/mol. The summed E-state index contributed by atoms with van der Waals surface area (Å²) in [5, 5.41) is 5.93. The molecule has 0 radical (unpaired) electrons. The summed E-state index contributed by atoms with van der Waals surface area (Å²) in [4.78, 5) is 28.2. The number of rotatable bonds is 9. The molecule has 3 heterocycles. The Labute approximate surface area is 172 Å². The van der Waals surface area contributed by atoms with Crippen molar-refractivity contribution in [3.05, 3.63) is 59.5 Å². The van der Waals surface area contributed by atoms with Crippen molar-refractivity contribution in [1.29, 1.82) is 0 Å². The van der Waals surface area contributed by atoms with E-state index in [9.17, 15) is 9.18 Å². The number of halogens is 1. The van der Waals surface area contributed by atoms with Crippen molar-refractivity contribution in [2.45, 2.75) is 25.7 Å². The van der Waals surface area contributed by atoms with Gasteiger partial charge in [0.25, 0.3) is 5.91 Å². The molecule has 0 unspecified atom stereocenters. The molecule has 8 nitrogen and oxygen atoms in total. The van der Waals surface area contributed by atoms with Crippen molar-refractivity contribution in [3.63, 3.8) is 0 Å². The molecule has 3 aromatic rings. The number of aromatic amines is 1. The molecule has 1 aliphatic heterocycles. The molecule has 0 atom stereocenters. The van der Waals surface area contributed by atoms with Gasteiger partial charge in [-0.25, -0.2) is 14.4 Å². The third-order valence-corrected chi connectivity index (χ3v) is 4.75. The molecule has 0 bridgehead atoms. The highest BCUT2D eigenvalue weighted by atomic mass is 19.1. The van der Waals surface area contributed by atoms with Crippen LogP contribution in [0.25, 0.3) is 11.0 Å². The molecule has 3 N–H and O–H groups in total. The van der Waals surface area contributed by atoms with E-state index in [1.165, 1.54) is 6.26 Å². The van der Waals surface area contributed by atoms with Crippen LogP contribution in [-0.2, 0) is 12.8 Å². The summed E-state index contributed by atoms with van der Waals surface area (Å²) in [6.07, 6.45) is 5.21. The van der Waals surface area contributed by atoms with Gasteiger partial charge < -0.3 is 20.0 Å². The van der Waals surface area contributed by atoms with Crippen LogP contribution >= 0.6 is 0 Å². The van der Waals surface area contributed by atoms with Crippen LogP contribution in [0, 0.1) is 0 Å². The molecule has 0 fully saturated rings. The zero-order valence-electron chi connectivity index (χ0n) is 16.4. The maximum absolute atomic E-state index is 13.6. The highest BCUT2D eigenvalue weighted by Crippen LogP contribution is 2.17. The number of aliphatic imine (C=N–C) groups is 1. The molecule has 30 heavy (non-hydrogen) atoms. The summed E-state index contributed by atoms with van der Waals surface area (Å²) < 4.78 is 19.0. The zero-order valence-corrected chi connectivity index (χ0v) is 16.4. The van der Waals surface area contributed by atoms with Crippen molar-refractivity contribution in [2.24, 2.45) is 4.99 Å². The maximum atomic E-state index is 13.6. The fraction of sp³-hybridized carbons (Fsp3) is 0.333. The molecular weight excluding hydrogens is 387 g/mol. The number of para-hydroxylation sites is 2. The number of hydrogen-bond acceptors (Lipinski definition) is 6. The molecule has 4 rings (SSSR count). The number of nitrogens with zero attached hydrogens (tertiary/aromatic N) is 3. The number of nitrogens with one attached hydrogen (secondary N) is 3. The largest absolute Gasteiger partial charge is 0.448 e. The highest BCUT2D eigenvalue weighted by molar-refractivity contribution is 5.92. The van der Waals surface area contributed by atoms with Crippen LogP contribution in [0.5, 0.6) is 0 Å². The molecule has 0 aliphatic carbocycles. The summed E-state index contributed by atoms with van der Waals surface area (Å²) >= 11 is 0. The SMILES string of the molecule is O=C(NCC1=C(F)CCC=N1)c1coc(CCNCCc2nc3ccccc3[nH]2)n1. The number of carbonyl (C=O) groups is 1. The lowest BCUT2D eigenvalue weighted by Crippen LogP contribution is -2.26. The van der Waals surface area contributed by atoms with Crippen LogP contribution < -0.4 is 10.6 Å². The number of carbonyl (C=O) groups excluding carboxylic acids is 1. The molecule has 0 saturated carbocycles. The van der Waals surface area contributed by atoms with Gasteiger partial charge in [-0.2, -0.15) is 0 Å². The van der Waals surface area contributed by atoms with Gasteiger partial charge in [0.1, 0.15) is 17.9 Å². The summed E-state index contributed by atoms with van der Waals surface area (Å²) in [5.74, 6) is 0.710. The summed E-state index contributed by atoms with van der Waals surface area (Å²) in [7, 11) is 0. The van der Waals surface area contributed by atoms with Gasteiger partial charge in [0.15, 0.2) is 11.6 Å². The number of H-pyrrole nitrogens is 1. The van der Waals surface area contributed by atoms with Crippen molar-refractivity contribution < 1.29 is 13.6 Å². The van der Waals surface area contributed by atoms with E-state index in [0.717, 1.165) is 29.8 Å². The van der Waals surface area contributed by atoms with Crippen LogP contribution in [0.2, 0.25) is 0 Å². The summed E-state index contributed by atoms with van der Waals surface area (Å²) in [6, 6.07) is 7.93. The van der Waals surface area contributed by atoms with Crippen LogP contribution in [0.3, 0.4) is 0 Å². The first-order valence-corrected chi connectivity index (χ1v) is 9.96. The lowest BCUT2D eigenvalue weighted by atomic mass is 10.2. The minimum Gasteiger partial charge on any atom is -0.448 e. The molecule has 1 aliphatic rings. The van der Waals surface area contributed by atoms with Crippen molar-refractivity contribution in [1.82, 2.24) is 25.6 Å². The molecular formula is C21H23FN6O2. The van der Waals surface area contributed by atoms with Crippen LogP contribution in [0.1, 0.15) is 35.0 Å². The van der Waals surface area contributed by atoms with Crippen LogP contribution in [0.15, 0.2) is 51.5 Å². The van der Waals surface area contributed by atoms with Crippen molar-refractivity contribution in [3.8, 4) is 0 Å². The lowest BCUT2D eigenvalue weighted by Gasteiger charge is -2.09. The normalized spacial score (nSPS) is 13.9. The number of amides is 1. The van der Waals surface area contributed by atoms with Gasteiger partial charge in [0.2, 0.25) is 0 Å². The number of aromatic nitrogens is 3. The number of imidazole rings is 1. The first-order valence-electron chi connectivity index (χ1n) is 9.96. The summed E-state index contributed by atoms with van der Waals surface area (Å²) in [5.41, 5.74) is 2.43. The van der Waals surface area contributed by atoms with Crippen LogP contribution in [-0.4, -0.2) is 46.7 Å². The van der Waals surface area contributed by atoms with E-state index in [0.29, 0.717) is 31.7 Å². The van der Waals surface area contributed by atoms with Gasteiger partial charge in [-0.3, -0.25) is 9.79 Å². The second kappa shape index (κ2) is 9.45. The van der Waals surface area contributed by atoms with E-state index in [2.05, 4.69) is 30.6 Å². The highest BCUT2D eigenvalue weighted by Gasteiger charge is 2.15. The Balaban J connectivity index is 1.18. The van der Waals surface area contributed by atoms with E-state index >= 15 is 0 Å². The molecule has 9 heteroatoms. The van der Waals surface area contributed by atoms with E-state index in [1.807, 2.05) is 24.3 Å². The average Bonchev–Trinajstić information content (AvgIpc) is 3.39. The number of allylic oxidation sites excluding steroid dienone is 1. The second-order valence-electron chi connectivity index (χ2n) is 6.96. The van der Waals surface area contributed by atoms with E-state index in [4.69, 9.17) is 4.42 Å². The molecule has 1 amide bonds. The minimum atomic E-state index is -0.413. The predicted molar refractivity (Wildman–Crippen MR) is 111 cm³/mol. The second-order valence-corrected chi connectivity index (χ2v) is 6.96. The molecule has 156 valence electrons. The van der Waals surface area contributed by atoms with E-state index in [1.54, 1.807) is 6.21 Å². The van der Waals surface area contributed by atoms with Gasteiger partial charge in [-0.05, 0) is 18.6 Å². The van der Waals surface area contributed by atoms with Crippen molar-refractivity contribution in [2.75, 3.05) is 19.6 Å². The third kappa shape index (κ3) is 4.98. The fourth-order valence-corrected chi connectivity index (χ4v) is 3.16. The van der Waals surface area contributed by atoms with Gasteiger partial charge >= 0.3 is 0 Å². The first-order chi connectivity index (χ1) is 14.7. The van der Waals surface area contributed by atoms with Crippen molar-refractivity contribution >= 4 is 23.2 Å². The molecule has 1 aromatic carbocycles. The fourth-order valence-electron chi connectivity index (χ4n) is 3.16. The predicted octanol–water partition coefficient (Wildman–Crippen LogP) is 2.70. The number of oxazole rings is 1. The van der Waals surface area contributed by atoms with Gasteiger partial charge in [0.05, 0.1) is 23.3 Å². The Morgan fingerprint density at radius 1 is 1.20 bits per heavy atom. The molecule has 2 aromatic heterocycles. The number of hydrogen-bond donors (Lipinski definition) is 3. The minimum absolute atomic E-state index is 0.0344. The third-order valence-electron chi connectivity index (χ3n) is 4.75. The van der Waals surface area contributed by atoms with Gasteiger partial charge in [-0.15, -0.1) is 0 Å². The smallest absolute Gasteiger partial charge is 0.273 e. The lowest BCUT2D eigenvalue weighted by molar-refractivity contribution is 0.0951. The number of benzene rings is 1. The molecule has 0 saturated heterocycles. The topological polar surface area (TPSA) is 108 Å².